The number of benzene rings is 2. The minimum absolute atomic E-state index is 0.192. The van der Waals surface area contributed by atoms with Crippen LogP contribution < -0.4 is 9.47 Å². The Balaban J connectivity index is 2.24. The minimum atomic E-state index is -3.68. The lowest BCUT2D eigenvalue weighted by molar-refractivity contribution is -0.480. The molecule has 164 valence electrons. The molecule has 0 aliphatic heterocycles. The Hall–Kier alpha value is -2.65. The molecule has 0 aliphatic carbocycles. The monoisotopic (exact) mass is 436 g/mol. The third-order valence-electron chi connectivity index (χ3n) is 4.86. The van der Waals surface area contributed by atoms with E-state index in [1.807, 2.05) is 24.3 Å². The maximum Gasteiger partial charge on any atom is 0.217 e. The fourth-order valence-electron chi connectivity index (χ4n) is 3.02. The zero-order chi connectivity index (χ0) is 22.1. The Bertz CT molecular complexity index is 864. The van der Waals surface area contributed by atoms with E-state index in [9.17, 15) is 18.5 Å². The molecule has 1 unspecified atom stereocenters. The van der Waals surface area contributed by atoms with E-state index < -0.39 is 20.2 Å². The Morgan fingerprint density at radius 3 is 1.73 bits per heavy atom. The molecule has 0 fully saturated rings. The Labute approximate surface area is 177 Å². The van der Waals surface area contributed by atoms with Gasteiger partial charge in [0.15, 0.2) is 0 Å². The van der Waals surface area contributed by atoms with Crippen LogP contribution in [-0.4, -0.2) is 43.7 Å². The summed E-state index contributed by atoms with van der Waals surface area (Å²) in [5.74, 6) is 1.38. The summed E-state index contributed by atoms with van der Waals surface area (Å²) < 4.78 is 38.3. The van der Waals surface area contributed by atoms with E-state index in [4.69, 9.17) is 9.47 Å². The van der Waals surface area contributed by atoms with Gasteiger partial charge in [0.05, 0.1) is 19.5 Å². The van der Waals surface area contributed by atoms with Crippen LogP contribution in [0.5, 0.6) is 11.5 Å². The number of ether oxygens (including phenoxy) is 2. The number of hydrogen-bond donors (Lipinski definition) is 0. The summed E-state index contributed by atoms with van der Waals surface area (Å²) in [6, 6.07) is 14.4. The van der Waals surface area contributed by atoms with Crippen molar-refractivity contribution in [2.75, 3.05) is 20.8 Å². The molecule has 2 aromatic rings. The van der Waals surface area contributed by atoms with Crippen molar-refractivity contribution in [3.05, 3.63) is 69.8 Å². The zero-order valence-electron chi connectivity index (χ0n) is 17.5. The highest BCUT2D eigenvalue weighted by Crippen LogP contribution is 2.22. The topological polar surface area (TPSA) is 99.0 Å². The standard InChI is InChI=1S/C21H28N2O6S/c1-17(5-4-14-23(24)25)30(26,27)22(15-18-6-10-20(28-2)11-7-18)16-19-8-12-21(29-3)13-9-19/h6-13,17H,4-5,14-16H2,1-3H3. The summed E-state index contributed by atoms with van der Waals surface area (Å²) in [5.41, 5.74) is 1.65. The number of rotatable bonds is 12. The van der Waals surface area contributed by atoms with Crippen LogP contribution in [0.1, 0.15) is 30.9 Å². The molecule has 0 aromatic heterocycles. The fraction of sp³-hybridized carbons (Fsp3) is 0.429. The normalized spacial score (nSPS) is 12.5. The summed E-state index contributed by atoms with van der Waals surface area (Å²) in [4.78, 5) is 10.2. The molecule has 1 atom stereocenters. The molecule has 0 saturated carbocycles. The summed E-state index contributed by atoms with van der Waals surface area (Å²) in [5, 5.41) is 9.85. The molecule has 8 nitrogen and oxygen atoms in total. The van der Waals surface area contributed by atoms with Crippen molar-refractivity contribution in [1.82, 2.24) is 4.31 Å². The molecule has 30 heavy (non-hydrogen) atoms. The lowest BCUT2D eigenvalue weighted by Crippen LogP contribution is -2.37. The van der Waals surface area contributed by atoms with E-state index in [-0.39, 0.29) is 32.5 Å². The van der Waals surface area contributed by atoms with Crippen molar-refractivity contribution >= 4 is 10.0 Å². The van der Waals surface area contributed by atoms with Gasteiger partial charge in [-0.15, -0.1) is 0 Å². The number of methoxy groups -OCH3 is 2. The van der Waals surface area contributed by atoms with Crippen LogP contribution in [0.2, 0.25) is 0 Å². The SMILES string of the molecule is COc1ccc(CN(Cc2ccc(OC)cc2)S(=O)(=O)C(C)CCC[N+](=O)[O-])cc1. The van der Waals surface area contributed by atoms with Crippen molar-refractivity contribution in [3.63, 3.8) is 0 Å². The molecule has 0 saturated heterocycles. The summed E-state index contributed by atoms with van der Waals surface area (Å²) in [6.07, 6.45) is 0.442. The Morgan fingerprint density at radius 2 is 1.37 bits per heavy atom. The molecular weight excluding hydrogens is 408 g/mol. The van der Waals surface area contributed by atoms with Gasteiger partial charge in [-0.3, -0.25) is 10.1 Å². The number of nitro groups is 1. The number of nitrogens with zero attached hydrogens (tertiary/aromatic N) is 2. The maximum atomic E-state index is 13.3. The summed E-state index contributed by atoms with van der Waals surface area (Å²) >= 11 is 0. The molecule has 0 aliphatic rings. The predicted octanol–water partition coefficient (Wildman–Crippen LogP) is 3.48. The first-order valence-corrected chi connectivity index (χ1v) is 11.1. The first-order valence-electron chi connectivity index (χ1n) is 9.63. The molecule has 0 N–H and O–H groups in total. The number of hydrogen-bond acceptors (Lipinski definition) is 6. The molecule has 0 amide bonds. The third kappa shape index (κ3) is 6.70. The maximum absolute atomic E-state index is 13.3. The van der Waals surface area contributed by atoms with Crippen molar-refractivity contribution < 1.29 is 22.8 Å². The number of sulfonamides is 1. The summed E-state index contributed by atoms with van der Waals surface area (Å²) in [6.45, 7) is 1.75. The van der Waals surface area contributed by atoms with Crippen molar-refractivity contribution in [3.8, 4) is 11.5 Å². The molecule has 0 radical (unpaired) electrons. The second-order valence-electron chi connectivity index (χ2n) is 7.02. The highest BCUT2D eigenvalue weighted by atomic mass is 32.2. The lowest BCUT2D eigenvalue weighted by Gasteiger charge is -2.26. The highest BCUT2D eigenvalue weighted by molar-refractivity contribution is 7.89. The molecule has 2 rings (SSSR count). The van der Waals surface area contributed by atoms with Crippen molar-refractivity contribution in [2.24, 2.45) is 0 Å². The van der Waals surface area contributed by atoms with E-state index >= 15 is 0 Å². The van der Waals surface area contributed by atoms with Gasteiger partial charge in [0.2, 0.25) is 16.6 Å². The van der Waals surface area contributed by atoms with E-state index in [0.29, 0.717) is 11.5 Å². The van der Waals surface area contributed by atoms with Gasteiger partial charge in [0.1, 0.15) is 11.5 Å². The molecule has 0 bridgehead atoms. The largest absolute Gasteiger partial charge is 0.497 e. The van der Waals surface area contributed by atoms with Crippen LogP contribution in [0.25, 0.3) is 0 Å². The Kier molecular flexibility index (Phi) is 8.61. The van der Waals surface area contributed by atoms with Gasteiger partial charge in [-0.1, -0.05) is 24.3 Å². The van der Waals surface area contributed by atoms with Crippen LogP contribution >= 0.6 is 0 Å². The van der Waals surface area contributed by atoms with Crippen LogP contribution in [0.4, 0.5) is 0 Å². The van der Waals surface area contributed by atoms with Crippen LogP contribution in [0.3, 0.4) is 0 Å². The van der Waals surface area contributed by atoms with Gasteiger partial charge in [-0.2, -0.15) is 4.31 Å². The van der Waals surface area contributed by atoms with E-state index in [2.05, 4.69) is 0 Å². The highest BCUT2D eigenvalue weighted by Gasteiger charge is 2.29. The average Bonchev–Trinajstić information content (AvgIpc) is 2.74. The second-order valence-corrected chi connectivity index (χ2v) is 9.37. The lowest BCUT2D eigenvalue weighted by atomic mass is 10.2. The van der Waals surface area contributed by atoms with Crippen LogP contribution in [0, 0.1) is 10.1 Å². The Morgan fingerprint density at radius 1 is 0.933 bits per heavy atom. The molecule has 0 spiro atoms. The van der Waals surface area contributed by atoms with Gasteiger partial charge in [0, 0.05) is 24.4 Å². The smallest absolute Gasteiger partial charge is 0.217 e. The quantitative estimate of drug-likeness (QED) is 0.373. The predicted molar refractivity (Wildman–Crippen MR) is 115 cm³/mol. The first kappa shape index (κ1) is 23.6. The first-order chi connectivity index (χ1) is 14.3. The van der Waals surface area contributed by atoms with Crippen LogP contribution in [0.15, 0.2) is 48.5 Å². The van der Waals surface area contributed by atoms with E-state index in [0.717, 1.165) is 11.1 Å². The second kappa shape index (κ2) is 10.9. The van der Waals surface area contributed by atoms with Crippen molar-refractivity contribution in [2.45, 2.75) is 38.1 Å². The van der Waals surface area contributed by atoms with Gasteiger partial charge in [-0.25, -0.2) is 8.42 Å². The van der Waals surface area contributed by atoms with E-state index in [1.54, 1.807) is 45.4 Å². The van der Waals surface area contributed by atoms with Crippen LogP contribution in [-0.2, 0) is 23.1 Å². The zero-order valence-corrected chi connectivity index (χ0v) is 18.3. The van der Waals surface area contributed by atoms with Gasteiger partial charge in [-0.05, 0) is 48.7 Å². The van der Waals surface area contributed by atoms with Gasteiger partial charge >= 0.3 is 0 Å². The van der Waals surface area contributed by atoms with Gasteiger partial charge in [0.25, 0.3) is 0 Å². The molecule has 9 heteroatoms. The molecule has 0 heterocycles. The third-order valence-corrected chi connectivity index (χ3v) is 7.09. The minimum Gasteiger partial charge on any atom is -0.497 e. The summed E-state index contributed by atoms with van der Waals surface area (Å²) in [7, 11) is -0.536. The molecular formula is C21H28N2O6S. The van der Waals surface area contributed by atoms with Gasteiger partial charge < -0.3 is 9.47 Å². The van der Waals surface area contributed by atoms with E-state index in [1.165, 1.54) is 4.31 Å². The average molecular weight is 437 g/mol. The fourth-order valence-corrected chi connectivity index (χ4v) is 4.65. The molecule has 2 aromatic carbocycles. The van der Waals surface area contributed by atoms with Crippen molar-refractivity contribution in [1.29, 1.82) is 0 Å².